The van der Waals surface area contributed by atoms with Crippen LogP contribution in [0.3, 0.4) is 0 Å². The molecule has 4 nitrogen and oxygen atoms in total. The predicted octanol–water partition coefficient (Wildman–Crippen LogP) is 3.21. The van der Waals surface area contributed by atoms with E-state index in [1.807, 2.05) is 13.0 Å². The standard InChI is InChI=1S/C16H14FNO3/c1-11-7-12(9-18-8-11)10-21-16-13(5-6-15(19)20)3-2-4-14(16)17/h2-9H,10H2,1H3,(H,19,20)/b6-5+. The smallest absolute Gasteiger partial charge is 0.328 e. The first-order chi connectivity index (χ1) is 10.1. The fourth-order valence-corrected chi connectivity index (χ4v) is 1.82. The molecule has 0 aliphatic heterocycles. The minimum absolute atomic E-state index is 0.0245. The molecule has 0 fully saturated rings. The first-order valence-electron chi connectivity index (χ1n) is 6.29. The quantitative estimate of drug-likeness (QED) is 0.858. The zero-order valence-electron chi connectivity index (χ0n) is 11.4. The van der Waals surface area contributed by atoms with Crippen molar-refractivity contribution in [3.05, 3.63) is 65.2 Å². The number of benzene rings is 1. The number of rotatable bonds is 5. The zero-order chi connectivity index (χ0) is 15.2. The molecule has 1 aromatic carbocycles. The molecule has 2 rings (SSSR count). The number of nitrogens with zero attached hydrogens (tertiary/aromatic N) is 1. The van der Waals surface area contributed by atoms with Gasteiger partial charge >= 0.3 is 5.97 Å². The molecule has 0 aliphatic carbocycles. The van der Waals surface area contributed by atoms with E-state index in [9.17, 15) is 9.18 Å². The summed E-state index contributed by atoms with van der Waals surface area (Å²) in [5, 5.41) is 8.64. The average molecular weight is 287 g/mol. The summed E-state index contributed by atoms with van der Waals surface area (Å²) in [6.07, 6.45) is 5.60. The third-order valence-electron chi connectivity index (χ3n) is 2.72. The molecule has 0 aliphatic rings. The average Bonchev–Trinajstić information content (AvgIpc) is 2.44. The molecular formula is C16H14FNO3. The highest BCUT2D eigenvalue weighted by Gasteiger charge is 2.08. The van der Waals surface area contributed by atoms with E-state index in [2.05, 4.69) is 4.98 Å². The first-order valence-corrected chi connectivity index (χ1v) is 6.29. The van der Waals surface area contributed by atoms with Gasteiger partial charge in [-0.05, 0) is 30.7 Å². The summed E-state index contributed by atoms with van der Waals surface area (Å²) in [4.78, 5) is 14.6. The van der Waals surface area contributed by atoms with Gasteiger partial charge in [-0.25, -0.2) is 9.18 Å². The van der Waals surface area contributed by atoms with E-state index in [4.69, 9.17) is 9.84 Å². The highest BCUT2D eigenvalue weighted by Crippen LogP contribution is 2.25. The SMILES string of the molecule is Cc1cncc(COc2c(F)cccc2/C=C/C(=O)O)c1. The van der Waals surface area contributed by atoms with Crippen molar-refractivity contribution in [2.75, 3.05) is 0 Å². The lowest BCUT2D eigenvalue weighted by atomic mass is 10.1. The number of ether oxygens (including phenoxy) is 1. The molecule has 0 atom stereocenters. The van der Waals surface area contributed by atoms with Gasteiger partial charge in [0.1, 0.15) is 6.61 Å². The highest BCUT2D eigenvalue weighted by atomic mass is 19.1. The second-order valence-corrected chi connectivity index (χ2v) is 4.49. The minimum atomic E-state index is -1.10. The minimum Gasteiger partial charge on any atom is -0.485 e. The van der Waals surface area contributed by atoms with Crippen molar-refractivity contribution in [2.45, 2.75) is 13.5 Å². The van der Waals surface area contributed by atoms with E-state index < -0.39 is 11.8 Å². The molecule has 0 unspecified atom stereocenters. The Kier molecular flexibility index (Phi) is 4.66. The number of carbonyl (C=O) groups is 1. The van der Waals surface area contributed by atoms with Crippen LogP contribution >= 0.6 is 0 Å². The van der Waals surface area contributed by atoms with Crippen LogP contribution in [0.15, 0.2) is 42.7 Å². The fraction of sp³-hybridized carbons (Fsp3) is 0.125. The predicted molar refractivity (Wildman–Crippen MR) is 76.4 cm³/mol. The molecule has 1 aromatic heterocycles. The lowest BCUT2D eigenvalue weighted by Crippen LogP contribution is -2.00. The Morgan fingerprint density at radius 2 is 2.24 bits per heavy atom. The van der Waals surface area contributed by atoms with Gasteiger partial charge in [-0.15, -0.1) is 0 Å². The maximum Gasteiger partial charge on any atom is 0.328 e. The van der Waals surface area contributed by atoms with Crippen molar-refractivity contribution in [2.24, 2.45) is 0 Å². The van der Waals surface area contributed by atoms with Crippen molar-refractivity contribution < 1.29 is 19.0 Å². The van der Waals surface area contributed by atoms with Gasteiger partial charge in [0.2, 0.25) is 0 Å². The molecule has 21 heavy (non-hydrogen) atoms. The maximum absolute atomic E-state index is 13.8. The topological polar surface area (TPSA) is 59.4 Å². The van der Waals surface area contributed by atoms with E-state index in [0.717, 1.165) is 17.2 Å². The molecule has 1 heterocycles. The third-order valence-corrected chi connectivity index (χ3v) is 2.72. The van der Waals surface area contributed by atoms with Gasteiger partial charge < -0.3 is 9.84 Å². The zero-order valence-corrected chi connectivity index (χ0v) is 11.4. The second-order valence-electron chi connectivity index (χ2n) is 4.49. The summed E-state index contributed by atoms with van der Waals surface area (Å²) in [6, 6.07) is 6.24. The van der Waals surface area contributed by atoms with Crippen molar-refractivity contribution >= 4 is 12.0 Å². The van der Waals surface area contributed by atoms with Crippen LogP contribution in [-0.2, 0) is 11.4 Å². The van der Waals surface area contributed by atoms with Crippen molar-refractivity contribution in [3.8, 4) is 5.75 Å². The first kappa shape index (κ1) is 14.7. The molecule has 0 bridgehead atoms. The Morgan fingerprint density at radius 1 is 1.43 bits per heavy atom. The van der Waals surface area contributed by atoms with Crippen molar-refractivity contribution in [3.63, 3.8) is 0 Å². The molecule has 1 N–H and O–H groups in total. The van der Waals surface area contributed by atoms with Gasteiger partial charge in [-0.3, -0.25) is 4.98 Å². The van der Waals surface area contributed by atoms with Crippen LogP contribution in [0, 0.1) is 12.7 Å². The monoisotopic (exact) mass is 287 g/mol. The Bertz CT molecular complexity index is 683. The van der Waals surface area contributed by atoms with Gasteiger partial charge in [0.15, 0.2) is 11.6 Å². The third kappa shape index (κ3) is 4.14. The molecule has 0 spiro atoms. The highest BCUT2D eigenvalue weighted by molar-refractivity contribution is 5.85. The summed E-state index contributed by atoms with van der Waals surface area (Å²) in [7, 11) is 0. The van der Waals surface area contributed by atoms with Gasteiger partial charge in [-0.2, -0.15) is 0 Å². The van der Waals surface area contributed by atoms with E-state index in [0.29, 0.717) is 5.56 Å². The molecule has 0 saturated carbocycles. The van der Waals surface area contributed by atoms with Gasteiger partial charge in [0.25, 0.3) is 0 Å². The molecule has 0 amide bonds. The van der Waals surface area contributed by atoms with Crippen LogP contribution in [-0.4, -0.2) is 16.1 Å². The number of hydrogen-bond acceptors (Lipinski definition) is 3. The number of aliphatic carboxylic acids is 1. The van der Waals surface area contributed by atoms with Crippen LogP contribution in [0.5, 0.6) is 5.75 Å². The summed E-state index contributed by atoms with van der Waals surface area (Å²) in [5.41, 5.74) is 2.17. The maximum atomic E-state index is 13.8. The van der Waals surface area contributed by atoms with Crippen LogP contribution in [0.25, 0.3) is 6.08 Å². The van der Waals surface area contributed by atoms with Crippen molar-refractivity contribution in [1.82, 2.24) is 4.98 Å². The van der Waals surface area contributed by atoms with Crippen LogP contribution < -0.4 is 4.74 Å². The number of para-hydroxylation sites is 1. The Balaban J connectivity index is 2.20. The molecule has 2 aromatic rings. The van der Waals surface area contributed by atoms with Crippen LogP contribution in [0.2, 0.25) is 0 Å². The molecule has 0 radical (unpaired) electrons. The summed E-state index contributed by atoms with van der Waals surface area (Å²) in [6.45, 7) is 2.06. The number of aryl methyl sites for hydroxylation is 1. The molecule has 108 valence electrons. The van der Waals surface area contributed by atoms with Gasteiger partial charge in [0, 0.05) is 29.6 Å². The van der Waals surface area contributed by atoms with Crippen LogP contribution in [0.4, 0.5) is 4.39 Å². The number of pyridine rings is 1. The molecule has 0 saturated heterocycles. The summed E-state index contributed by atoms with van der Waals surface area (Å²) < 4.78 is 19.3. The number of aromatic nitrogens is 1. The lowest BCUT2D eigenvalue weighted by molar-refractivity contribution is -0.131. The van der Waals surface area contributed by atoms with Crippen molar-refractivity contribution in [1.29, 1.82) is 0 Å². The summed E-state index contributed by atoms with van der Waals surface area (Å²) >= 11 is 0. The van der Waals surface area contributed by atoms with Gasteiger partial charge in [0.05, 0.1) is 0 Å². The number of hydrogen-bond donors (Lipinski definition) is 1. The Hall–Kier alpha value is -2.69. The fourth-order valence-electron chi connectivity index (χ4n) is 1.82. The second kappa shape index (κ2) is 6.65. The number of carboxylic acids is 1. The lowest BCUT2D eigenvalue weighted by Gasteiger charge is -2.10. The molecule has 5 heteroatoms. The number of halogens is 1. The van der Waals surface area contributed by atoms with E-state index in [1.165, 1.54) is 18.2 Å². The molecular weight excluding hydrogens is 273 g/mol. The van der Waals surface area contributed by atoms with E-state index in [-0.39, 0.29) is 12.4 Å². The normalized spacial score (nSPS) is 10.8. The number of carboxylic acid groups (broad SMARTS) is 1. The van der Waals surface area contributed by atoms with E-state index >= 15 is 0 Å². The van der Waals surface area contributed by atoms with E-state index in [1.54, 1.807) is 18.5 Å². The van der Waals surface area contributed by atoms with Crippen LogP contribution in [0.1, 0.15) is 16.7 Å². The Morgan fingerprint density at radius 3 is 2.95 bits per heavy atom. The largest absolute Gasteiger partial charge is 0.485 e. The van der Waals surface area contributed by atoms with Gasteiger partial charge in [-0.1, -0.05) is 12.1 Å². The Labute approximate surface area is 121 Å². The summed E-state index contributed by atoms with van der Waals surface area (Å²) in [5.74, 6) is -1.62.